The maximum atomic E-state index is 12.7. The van der Waals surface area contributed by atoms with Gasteiger partial charge in [0, 0.05) is 32.9 Å². The molecule has 2 heterocycles. The van der Waals surface area contributed by atoms with E-state index in [-0.39, 0.29) is 4.90 Å². The molecule has 0 atom stereocenters. The molecule has 1 fully saturated rings. The lowest BCUT2D eigenvalue weighted by atomic mass is 10.1. The van der Waals surface area contributed by atoms with Crippen LogP contribution < -0.4 is 4.90 Å². The van der Waals surface area contributed by atoms with Crippen molar-refractivity contribution in [1.82, 2.24) is 9.29 Å². The number of benzene rings is 2. The Labute approximate surface area is 165 Å². The minimum atomic E-state index is -3.52. The van der Waals surface area contributed by atoms with Crippen LogP contribution in [-0.4, -0.2) is 51.1 Å². The van der Waals surface area contributed by atoms with Gasteiger partial charge in [-0.25, -0.2) is 13.4 Å². The topological polar surface area (TPSA) is 62.7 Å². The van der Waals surface area contributed by atoms with Crippen molar-refractivity contribution in [3.05, 3.63) is 66.4 Å². The van der Waals surface area contributed by atoms with Gasteiger partial charge in [-0.1, -0.05) is 36.4 Å². The lowest BCUT2D eigenvalue weighted by Gasteiger charge is -2.26. The summed E-state index contributed by atoms with van der Waals surface area (Å²) in [4.78, 5) is 6.62. The zero-order valence-corrected chi connectivity index (χ0v) is 16.6. The zero-order valence-electron chi connectivity index (χ0n) is 15.8. The van der Waals surface area contributed by atoms with Gasteiger partial charge >= 0.3 is 0 Å². The van der Waals surface area contributed by atoms with Crippen LogP contribution in [0.3, 0.4) is 0 Å². The Morgan fingerprint density at radius 2 is 1.79 bits per heavy atom. The third-order valence-electron chi connectivity index (χ3n) is 4.95. The van der Waals surface area contributed by atoms with E-state index in [1.165, 1.54) is 26.8 Å². The highest BCUT2D eigenvalue weighted by atomic mass is 32.2. The minimum absolute atomic E-state index is 0.220. The smallest absolute Gasteiger partial charge is 0.244 e. The normalized spacial score (nSPS) is 15.6. The first kappa shape index (κ1) is 18.9. The summed E-state index contributed by atoms with van der Waals surface area (Å²) < 4.78 is 32.1. The molecule has 0 saturated carbocycles. The molecule has 0 radical (unpaired) electrons. The van der Waals surface area contributed by atoms with Crippen LogP contribution in [-0.2, 0) is 21.3 Å². The van der Waals surface area contributed by atoms with E-state index >= 15 is 0 Å². The first-order chi connectivity index (χ1) is 13.5. The molecule has 3 aromatic rings. The maximum absolute atomic E-state index is 12.7. The van der Waals surface area contributed by atoms with Crippen molar-refractivity contribution in [2.45, 2.75) is 11.4 Å². The Bertz CT molecular complexity index is 1060. The summed E-state index contributed by atoms with van der Waals surface area (Å²) in [6.45, 7) is 2.31. The molecule has 1 aliphatic rings. The van der Waals surface area contributed by atoms with Crippen molar-refractivity contribution in [2.24, 2.45) is 0 Å². The number of morpholine rings is 1. The Balaban J connectivity index is 1.49. The predicted molar refractivity (Wildman–Crippen MR) is 110 cm³/mol. The van der Waals surface area contributed by atoms with Crippen LogP contribution in [0.1, 0.15) is 5.56 Å². The molecule has 6 nitrogen and oxygen atoms in total. The molecule has 28 heavy (non-hydrogen) atoms. The highest BCUT2D eigenvalue weighted by molar-refractivity contribution is 7.89. The fourth-order valence-corrected chi connectivity index (χ4v) is 4.73. The van der Waals surface area contributed by atoms with Crippen molar-refractivity contribution in [2.75, 3.05) is 38.3 Å². The fourth-order valence-electron chi connectivity index (χ4n) is 3.38. The van der Waals surface area contributed by atoms with E-state index < -0.39 is 10.0 Å². The molecule has 7 heteroatoms. The Hall–Kier alpha value is -2.48. The van der Waals surface area contributed by atoms with Gasteiger partial charge in [0.2, 0.25) is 10.0 Å². The second-order valence-electron chi connectivity index (χ2n) is 6.91. The molecule has 0 spiro atoms. The van der Waals surface area contributed by atoms with Crippen LogP contribution in [0.5, 0.6) is 0 Å². The van der Waals surface area contributed by atoms with E-state index in [1.807, 2.05) is 24.1 Å². The first-order valence-electron chi connectivity index (χ1n) is 9.27. The molecular weight excluding hydrogens is 374 g/mol. The average Bonchev–Trinajstić information content (AvgIpc) is 2.74. The highest BCUT2D eigenvalue weighted by Gasteiger charge is 2.26. The Morgan fingerprint density at radius 3 is 2.50 bits per heavy atom. The van der Waals surface area contributed by atoms with Gasteiger partial charge in [-0.2, -0.15) is 4.31 Å². The van der Waals surface area contributed by atoms with Gasteiger partial charge in [0.1, 0.15) is 10.7 Å². The standard InChI is InChI=1S/C21H23N3O3S/c1-23(16-17-6-7-18-4-2-3-5-19(18)14-17)21-9-8-20(15-22-21)28(25,26)24-10-12-27-13-11-24/h2-9,14-15H,10-13,16H2,1H3. The van der Waals surface area contributed by atoms with Gasteiger partial charge in [-0.15, -0.1) is 0 Å². The second kappa shape index (κ2) is 7.87. The van der Waals surface area contributed by atoms with Gasteiger partial charge in [0.25, 0.3) is 0 Å². The average molecular weight is 398 g/mol. The number of aromatic nitrogens is 1. The molecule has 0 bridgehead atoms. The summed E-state index contributed by atoms with van der Waals surface area (Å²) in [5, 5.41) is 2.41. The summed E-state index contributed by atoms with van der Waals surface area (Å²) in [6.07, 6.45) is 1.44. The van der Waals surface area contributed by atoms with Gasteiger partial charge in [-0.05, 0) is 34.5 Å². The molecule has 0 N–H and O–H groups in total. The summed E-state index contributed by atoms with van der Waals surface area (Å²) in [5.74, 6) is 0.731. The van der Waals surface area contributed by atoms with E-state index in [9.17, 15) is 8.42 Å². The van der Waals surface area contributed by atoms with Gasteiger partial charge in [0.15, 0.2) is 0 Å². The molecule has 1 aromatic heterocycles. The Kier molecular flexibility index (Phi) is 5.30. The lowest BCUT2D eigenvalue weighted by molar-refractivity contribution is 0.0730. The van der Waals surface area contributed by atoms with E-state index in [4.69, 9.17) is 4.74 Å². The van der Waals surface area contributed by atoms with Crippen molar-refractivity contribution in [3.8, 4) is 0 Å². The van der Waals surface area contributed by atoms with Crippen LogP contribution in [0.4, 0.5) is 5.82 Å². The molecule has 146 valence electrons. The van der Waals surface area contributed by atoms with E-state index in [1.54, 1.807) is 12.1 Å². The Morgan fingerprint density at radius 1 is 1.04 bits per heavy atom. The van der Waals surface area contributed by atoms with Crippen molar-refractivity contribution >= 4 is 26.6 Å². The lowest BCUT2D eigenvalue weighted by Crippen LogP contribution is -2.40. The van der Waals surface area contributed by atoms with Crippen molar-refractivity contribution < 1.29 is 13.2 Å². The third-order valence-corrected chi connectivity index (χ3v) is 6.84. The molecule has 1 saturated heterocycles. The number of hydrogen-bond donors (Lipinski definition) is 0. The van der Waals surface area contributed by atoms with Crippen LogP contribution >= 0.6 is 0 Å². The number of fused-ring (bicyclic) bond motifs is 1. The zero-order chi connectivity index (χ0) is 19.6. The number of hydrogen-bond acceptors (Lipinski definition) is 5. The van der Waals surface area contributed by atoms with Crippen LogP contribution in [0.2, 0.25) is 0 Å². The van der Waals surface area contributed by atoms with Crippen molar-refractivity contribution in [1.29, 1.82) is 0 Å². The summed E-state index contributed by atoms with van der Waals surface area (Å²) in [5.41, 5.74) is 1.17. The van der Waals surface area contributed by atoms with Gasteiger partial charge in [0.05, 0.1) is 13.2 Å². The van der Waals surface area contributed by atoms with Crippen LogP contribution in [0, 0.1) is 0 Å². The first-order valence-corrected chi connectivity index (χ1v) is 10.7. The quantitative estimate of drug-likeness (QED) is 0.662. The third kappa shape index (κ3) is 3.87. The molecule has 0 aliphatic carbocycles. The largest absolute Gasteiger partial charge is 0.379 e. The molecule has 0 amide bonds. The number of pyridine rings is 1. The molecule has 2 aromatic carbocycles. The summed E-state index contributed by atoms with van der Waals surface area (Å²) in [6, 6.07) is 18.0. The van der Waals surface area contributed by atoms with E-state index in [0.29, 0.717) is 32.8 Å². The number of nitrogens with zero attached hydrogens (tertiary/aromatic N) is 3. The summed E-state index contributed by atoms with van der Waals surface area (Å²) in [7, 11) is -1.56. The molecular formula is C21H23N3O3S. The highest BCUT2D eigenvalue weighted by Crippen LogP contribution is 2.21. The van der Waals surface area contributed by atoms with Gasteiger partial charge in [-0.3, -0.25) is 0 Å². The fraction of sp³-hybridized carbons (Fsp3) is 0.286. The van der Waals surface area contributed by atoms with Crippen LogP contribution in [0.25, 0.3) is 10.8 Å². The molecule has 1 aliphatic heterocycles. The number of ether oxygens (including phenoxy) is 1. The van der Waals surface area contributed by atoms with Crippen molar-refractivity contribution in [3.63, 3.8) is 0 Å². The van der Waals surface area contributed by atoms with Crippen LogP contribution in [0.15, 0.2) is 65.7 Å². The molecule has 4 rings (SSSR count). The monoisotopic (exact) mass is 397 g/mol. The van der Waals surface area contributed by atoms with Gasteiger partial charge < -0.3 is 9.64 Å². The predicted octanol–water partition coefficient (Wildman–Crippen LogP) is 2.89. The maximum Gasteiger partial charge on any atom is 0.244 e. The van der Waals surface area contributed by atoms with E-state index in [2.05, 4.69) is 35.3 Å². The molecule has 0 unspecified atom stereocenters. The summed E-state index contributed by atoms with van der Waals surface area (Å²) >= 11 is 0. The number of rotatable bonds is 5. The van der Waals surface area contributed by atoms with E-state index in [0.717, 1.165) is 5.82 Å². The second-order valence-corrected chi connectivity index (χ2v) is 8.84. The number of anilines is 1. The minimum Gasteiger partial charge on any atom is -0.379 e. The number of sulfonamides is 1. The SMILES string of the molecule is CN(Cc1ccc2ccccc2c1)c1ccc(S(=O)(=O)N2CCOCC2)cn1.